The first-order chi connectivity index (χ1) is 8.76. The highest BCUT2D eigenvalue weighted by Gasteiger charge is 2.37. The van der Waals surface area contributed by atoms with Gasteiger partial charge in [0.1, 0.15) is 0 Å². The number of hydrogen-bond acceptors (Lipinski definition) is 1. The van der Waals surface area contributed by atoms with E-state index in [4.69, 9.17) is 0 Å². The number of hydrogen-bond donors (Lipinski definition) is 1. The van der Waals surface area contributed by atoms with E-state index in [1.165, 1.54) is 25.7 Å². The second-order valence-corrected chi connectivity index (χ2v) is 5.41. The van der Waals surface area contributed by atoms with Gasteiger partial charge in [-0.25, -0.2) is 0 Å². The van der Waals surface area contributed by atoms with Crippen molar-refractivity contribution < 1.29 is 4.79 Å². The first-order valence-electron chi connectivity index (χ1n) is 7.13. The molecule has 0 unspecified atom stereocenters. The molecule has 1 amide bonds. The molecule has 98 valence electrons. The Bertz CT molecular complexity index is 381. The maximum Gasteiger partial charge on any atom is 0.251 e. The van der Waals surface area contributed by atoms with E-state index in [-0.39, 0.29) is 11.4 Å². The van der Waals surface area contributed by atoms with Crippen LogP contribution in [0, 0.1) is 0 Å². The summed E-state index contributed by atoms with van der Waals surface area (Å²) < 4.78 is 0. The first kappa shape index (κ1) is 13.1. The van der Waals surface area contributed by atoms with E-state index < -0.39 is 0 Å². The molecule has 2 nitrogen and oxygen atoms in total. The SMILES string of the molecule is CCCCCC1(NC(=O)c2ccccc2)CCC1. The lowest BCUT2D eigenvalue weighted by atomic mass is 9.73. The molecule has 18 heavy (non-hydrogen) atoms. The van der Waals surface area contributed by atoms with Gasteiger partial charge in [0.25, 0.3) is 5.91 Å². The zero-order chi connectivity index (χ0) is 12.8. The molecule has 2 rings (SSSR count). The largest absolute Gasteiger partial charge is 0.347 e. The fourth-order valence-corrected chi connectivity index (χ4v) is 2.66. The van der Waals surface area contributed by atoms with Crippen LogP contribution in [-0.4, -0.2) is 11.4 Å². The molecule has 0 aliphatic heterocycles. The average molecular weight is 245 g/mol. The van der Waals surface area contributed by atoms with Crippen molar-refractivity contribution in [3.05, 3.63) is 35.9 Å². The monoisotopic (exact) mass is 245 g/mol. The molecule has 0 heterocycles. The number of benzene rings is 1. The Morgan fingerprint density at radius 3 is 2.50 bits per heavy atom. The lowest BCUT2D eigenvalue weighted by molar-refractivity contribution is 0.0808. The van der Waals surface area contributed by atoms with Crippen molar-refractivity contribution in [1.82, 2.24) is 5.32 Å². The molecule has 0 aromatic heterocycles. The molecule has 1 N–H and O–H groups in total. The van der Waals surface area contributed by atoms with Gasteiger partial charge in [-0.05, 0) is 37.8 Å². The van der Waals surface area contributed by atoms with Crippen LogP contribution in [0.2, 0.25) is 0 Å². The fraction of sp³-hybridized carbons (Fsp3) is 0.562. The zero-order valence-corrected chi connectivity index (χ0v) is 11.2. The Morgan fingerprint density at radius 1 is 1.22 bits per heavy atom. The van der Waals surface area contributed by atoms with Crippen molar-refractivity contribution in [3.8, 4) is 0 Å². The van der Waals surface area contributed by atoms with E-state index >= 15 is 0 Å². The van der Waals surface area contributed by atoms with Crippen molar-refractivity contribution in [2.24, 2.45) is 0 Å². The van der Waals surface area contributed by atoms with E-state index in [1.807, 2.05) is 30.3 Å². The fourth-order valence-electron chi connectivity index (χ4n) is 2.66. The van der Waals surface area contributed by atoms with Crippen LogP contribution >= 0.6 is 0 Å². The summed E-state index contributed by atoms with van der Waals surface area (Å²) in [5.41, 5.74) is 0.876. The summed E-state index contributed by atoms with van der Waals surface area (Å²) >= 11 is 0. The Hall–Kier alpha value is -1.31. The molecule has 0 bridgehead atoms. The quantitative estimate of drug-likeness (QED) is 0.756. The van der Waals surface area contributed by atoms with Gasteiger partial charge in [-0.15, -0.1) is 0 Å². The van der Waals surface area contributed by atoms with Crippen LogP contribution in [0.5, 0.6) is 0 Å². The minimum atomic E-state index is 0.0896. The maximum atomic E-state index is 12.2. The third kappa shape index (κ3) is 3.12. The van der Waals surface area contributed by atoms with Gasteiger partial charge in [0.2, 0.25) is 0 Å². The lowest BCUT2D eigenvalue weighted by Gasteiger charge is -2.43. The molecule has 1 saturated carbocycles. The number of unbranched alkanes of at least 4 members (excludes halogenated alkanes) is 2. The summed E-state index contributed by atoms with van der Waals surface area (Å²) in [7, 11) is 0. The van der Waals surface area contributed by atoms with Gasteiger partial charge in [0.15, 0.2) is 0 Å². The normalized spacial score (nSPS) is 16.9. The minimum Gasteiger partial charge on any atom is -0.347 e. The van der Waals surface area contributed by atoms with Crippen molar-refractivity contribution in [2.75, 3.05) is 0 Å². The molecule has 0 radical (unpaired) electrons. The third-order valence-corrected chi connectivity index (χ3v) is 3.98. The summed E-state index contributed by atoms with van der Waals surface area (Å²) in [4.78, 5) is 12.2. The van der Waals surface area contributed by atoms with Gasteiger partial charge >= 0.3 is 0 Å². The summed E-state index contributed by atoms with van der Waals surface area (Å²) in [6.07, 6.45) is 8.42. The van der Waals surface area contributed by atoms with E-state index in [1.54, 1.807) is 0 Å². The third-order valence-electron chi connectivity index (χ3n) is 3.98. The topological polar surface area (TPSA) is 29.1 Å². The number of rotatable bonds is 6. The van der Waals surface area contributed by atoms with Crippen LogP contribution in [0.15, 0.2) is 30.3 Å². The zero-order valence-electron chi connectivity index (χ0n) is 11.2. The van der Waals surface area contributed by atoms with Gasteiger partial charge in [0, 0.05) is 11.1 Å². The van der Waals surface area contributed by atoms with E-state index in [2.05, 4.69) is 12.2 Å². The highest BCUT2D eigenvalue weighted by atomic mass is 16.1. The lowest BCUT2D eigenvalue weighted by Crippen LogP contribution is -2.53. The van der Waals surface area contributed by atoms with Gasteiger partial charge in [0.05, 0.1) is 0 Å². The Labute approximate surface area is 110 Å². The predicted molar refractivity (Wildman–Crippen MR) is 74.6 cm³/mol. The molecule has 1 aliphatic rings. The van der Waals surface area contributed by atoms with Crippen LogP contribution in [0.1, 0.15) is 62.2 Å². The summed E-state index contributed by atoms with van der Waals surface area (Å²) in [5.74, 6) is 0.0896. The Morgan fingerprint density at radius 2 is 1.94 bits per heavy atom. The molecular formula is C16H23NO. The van der Waals surface area contributed by atoms with Crippen molar-refractivity contribution >= 4 is 5.91 Å². The summed E-state index contributed by atoms with van der Waals surface area (Å²) in [6, 6.07) is 9.54. The van der Waals surface area contributed by atoms with Gasteiger partial charge < -0.3 is 5.32 Å². The average Bonchev–Trinajstić information content (AvgIpc) is 2.37. The van der Waals surface area contributed by atoms with Gasteiger partial charge in [-0.3, -0.25) is 4.79 Å². The van der Waals surface area contributed by atoms with Crippen LogP contribution in [0.4, 0.5) is 0 Å². The van der Waals surface area contributed by atoms with E-state index in [0.717, 1.165) is 24.8 Å². The molecule has 1 fully saturated rings. The molecule has 2 heteroatoms. The molecule has 0 saturated heterocycles. The van der Waals surface area contributed by atoms with Crippen LogP contribution < -0.4 is 5.32 Å². The minimum absolute atomic E-state index is 0.0896. The molecule has 1 aliphatic carbocycles. The second kappa shape index (κ2) is 6.03. The van der Waals surface area contributed by atoms with Crippen LogP contribution in [-0.2, 0) is 0 Å². The summed E-state index contributed by atoms with van der Waals surface area (Å²) in [6.45, 7) is 2.22. The van der Waals surface area contributed by atoms with Gasteiger partial charge in [-0.1, -0.05) is 44.4 Å². The highest BCUT2D eigenvalue weighted by molar-refractivity contribution is 5.94. The van der Waals surface area contributed by atoms with Crippen LogP contribution in [0.25, 0.3) is 0 Å². The Balaban J connectivity index is 1.92. The highest BCUT2D eigenvalue weighted by Crippen LogP contribution is 2.36. The molecular weight excluding hydrogens is 222 g/mol. The number of carbonyl (C=O) groups is 1. The smallest absolute Gasteiger partial charge is 0.251 e. The van der Waals surface area contributed by atoms with Crippen molar-refractivity contribution in [1.29, 1.82) is 0 Å². The predicted octanol–water partition coefficient (Wildman–Crippen LogP) is 3.92. The van der Waals surface area contributed by atoms with E-state index in [0.29, 0.717) is 0 Å². The Kier molecular flexibility index (Phi) is 4.40. The van der Waals surface area contributed by atoms with Gasteiger partial charge in [-0.2, -0.15) is 0 Å². The molecule has 1 aromatic carbocycles. The maximum absolute atomic E-state index is 12.2. The molecule has 0 spiro atoms. The van der Waals surface area contributed by atoms with Crippen molar-refractivity contribution in [2.45, 2.75) is 57.4 Å². The number of nitrogens with one attached hydrogen (secondary N) is 1. The van der Waals surface area contributed by atoms with E-state index in [9.17, 15) is 4.79 Å². The first-order valence-corrected chi connectivity index (χ1v) is 7.13. The molecule has 0 atom stereocenters. The van der Waals surface area contributed by atoms with Crippen LogP contribution in [0.3, 0.4) is 0 Å². The second-order valence-electron chi connectivity index (χ2n) is 5.41. The number of carbonyl (C=O) groups excluding carboxylic acids is 1. The number of amides is 1. The summed E-state index contributed by atoms with van der Waals surface area (Å²) in [5, 5.41) is 3.27. The standard InChI is InChI=1S/C16H23NO/c1-2-3-7-11-16(12-8-13-16)17-15(18)14-9-5-4-6-10-14/h4-6,9-10H,2-3,7-8,11-13H2,1H3,(H,17,18). The van der Waals surface area contributed by atoms with Crippen molar-refractivity contribution in [3.63, 3.8) is 0 Å². The molecule has 1 aromatic rings.